The van der Waals surface area contributed by atoms with E-state index < -0.39 is 0 Å². The second-order valence-electron chi connectivity index (χ2n) is 4.89. The quantitative estimate of drug-likeness (QED) is 0.864. The van der Waals surface area contributed by atoms with Crippen molar-refractivity contribution in [3.8, 4) is 0 Å². The lowest BCUT2D eigenvalue weighted by Crippen LogP contribution is -2.32. The van der Waals surface area contributed by atoms with Gasteiger partial charge in [0.2, 0.25) is 0 Å². The van der Waals surface area contributed by atoms with E-state index in [4.69, 9.17) is 11.6 Å². The summed E-state index contributed by atoms with van der Waals surface area (Å²) in [6.45, 7) is 2.11. The third kappa shape index (κ3) is 3.21. The van der Waals surface area contributed by atoms with Crippen LogP contribution in [0.5, 0.6) is 0 Å². The van der Waals surface area contributed by atoms with Gasteiger partial charge in [-0.25, -0.2) is 0 Å². The highest BCUT2D eigenvalue weighted by molar-refractivity contribution is 6.31. The summed E-state index contributed by atoms with van der Waals surface area (Å²) in [5, 5.41) is 13.8. The summed E-state index contributed by atoms with van der Waals surface area (Å²) in [6.07, 6.45) is 5.03. The van der Waals surface area contributed by atoms with E-state index in [2.05, 4.69) is 5.32 Å². The van der Waals surface area contributed by atoms with E-state index in [-0.39, 0.29) is 12.6 Å². The minimum absolute atomic E-state index is 0.0104. The van der Waals surface area contributed by atoms with Gasteiger partial charge in [0.15, 0.2) is 0 Å². The van der Waals surface area contributed by atoms with Gasteiger partial charge in [0.1, 0.15) is 0 Å². The largest absolute Gasteiger partial charge is 0.394 e. The van der Waals surface area contributed by atoms with Crippen LogP contribution < -0.4 is 5.32 Å². The average molecular weight is 254 g/mol. The molecule has 1 aromatic rings. The molecule has 94 valence electrons. The predicted octanol–water partition coefficient (Wildman–Crippen LogP) is 3.21. The standard InChI is InChI=1S/C14H20ClNO/c1-10-6-7-11(8-13(10)15)14(9-17)16-12-4-2-3-5-12/h6-8,12,14,16-17H,2-5,9H2,1H3. The first-order valence-corrected chi connectivity index (χ1v) is 6.71. The Morgan fingerprint density at radius 3 is 2.71 bits per heavy atom. The third-order valence-corrected chi connectivity index (χ3v) is 3.98. The van der Waals surface area contributed by atoms with Crippen molar-refractivity contribution in [2.24, 2.45) is 0 Å². The van der Waals surface area contributed by atoms with Crippen LogP contribution in [-0.4, -0.2) is 17.8 Å². The fourth-order valence-corrected chi connectivity index (χ4v) is 2.65. The summed E-state index contributed by atoms with van der Waals surface area (Å²) in [5.41, 5.74) is 2.16. The van der Waals surface area contributed by atoms with Crippen molar-refractivity contribution in [3.05, 3.63) is 34.3 Å². The molecular formula is C14H20ClNO. The van der Waals surface area contributed by atoms with Crippen LogP contribution in [0.25, 0.3) is 0 Å². The Bertz CT molecular complexity index is 374. The summed E-state index contributed by atoms with van der Waals surface area (Å²) in [7, 11) is 0. The Morgan fingerprint density at radius 2 is 2.12 bits per heavy atom. The molecule has 2 rings (SSSR count). The summed E-state index contributed by atoms with van der Waals surface area (Å²) in [6, 6.07) is 6.57. The number of hydrogen-bond acceptors (Lipinski definition) is 2. The normalized spacial score (nSPS) is 18.5. The lowest BCUT2D eigenvalue weighted by molar-refractivity contribution is 0.233. The number of nitrogens with one attached hydrogen (secondary N) is 1. The van der Waals surface area contributed by atoms with Gasteiger partial charge < -0.3 is 10.4 Å². The van der Waals surface area contributed by atoms with E-state index in [1.807, 2.05) is 25.1 Å². The zero-order chi connectivity index (χ0) is 12.3. The van der Waals surface area contributed by atoms with Crippen LogP contribution in [0.15, 0.2) is 18.2 Å². The lowest BCUT2D eigenvalue weighted by Gasteiger charge is -2.22. The van der Waals surface area contributed by atoms with Gasteiger partial charge >= 0.3 is 0 Å². The minimum Gasteiger partial charge on any atom is -0.394 e. The van der Waals surface area contributed by atoms with E-state index in [1.165, 1.54) is 25.7 Å². The molecule has 0 aliphatic heterocycles. The third-order valence-electron chi connectivity index (χ3n) is 3.57. The molecule has 0 heterocycles. The van der Waals surface area contributed by atoms with Crippen molar-refractivity contribution >= 4 is 11.6 Å². The van der Waals surface area contributed by atoms with Crippen LogP contribution in [0.1, 0.15) is 42.9 Å². The van der Waals surface area contributed by atoms with Gasteiger partial charge in [-0.05, 0) is 37.0 Å². The van der Waals surface area contributed by atoms with Crippen LogP contribution >= 0.6 is 11.6 Å². The number of benzene rings is 1. The Morgan fingerprint density at radius 1 is 1.41 bits per heavy atom. The van der Waals surface area contributed by atoms with E-state index in [9.17, 15) is 5.11 Å². The molecule has 1 aromatic carbocycles. The maximum Gasteiger partial charge on any atom is 0.0626 e. The summed E-state index contributed by atoms with van der Waals surface area (Å²) in [4.78, 5) is 0. The van der Waals surface area contributed by atoms with E-state index in [0.717, 1.165) is 16.1 Å². The predicted molar refractivity (Wildman–Crippen MR) is 71.4 cm³/mol. The van der Waals surface area contributed by atoms with E-state index in [1.54, 1.807) is 0 Å². The van der Waals surface area contributed by atoms with Crippen LogP contribution in [0.2, 0.25) is 5.02 Å². The monoisotopic (exact) mass is 253 g/mol. The highest BCUT2D eigenvalue weighted by atomic mass is 35.5. The first kappa shape index (κ1) is 12.9. The molecular weight excluding hydrogens is 234 g/mol. The Kier molecular flexibility index (Phi) is 4.43. The molecule has 17 heavy (non-hydrogen) atoms. The zero-order valence-corrected chi connectivity index (χ0v) is 11.0. The highest BCUT2D eigenvalue weighted by Gasteiger charge is 2.20. The average Bonchev–Trinajstić information content (AvgIpc) is 2.82. The van der Waals surface area contributed by atoms with Gasteiger partial charge in [-0.15, -0.1) is 0 Å². The van der Waals surface area contributed by atoms with Crippen molar-refractivity contribution in [1.82, 2.24) is 5.32 Å². The van der Waals surface area contributed by atoms with Crippen LogP contribution in [0.4, 0.5) is 0 Å². The molecule has 1 unspecified atom stereocenters. The van der Waals surface area contributed by atoms with Crippen LogP contribution in [0.3, 0.4) is 0 Å². The van der Waals surface area contributed by atoms with Crippen molar-refractivity contribution in [2.45, 2.75) is 44.7 Å². The zero-order valence-electron chi connectivity index (χ0n) is 10.2. The van der Waals surface area contributed by atoms with Crippen LogP contribution in [-0.2, 0) is 0 Å². The maximum absolute atomic E-state index is 9.49. The molecule has 1 atom stereocenters. The number of hydrogen-bond donors (Lipinski definition) is 2. The second kappa shape index (κ2) is 5.85. The number of aryl methyl sites for hydroxylation is 1. The van der Waals surface area contributed by atoms with Gasteiger partial charge in [0.05, 0.1) is 12.6 Å². The van der Waals surface area contributed by atoms with Crippen molar-refractivity contribution in [1.29, 1.82) is 0 Å². The molecule has 1 saturated carbocycles. The van der Waals surface area contributed by atoms with Crippen molar-refractivity contribution in [3.63, 3.8) is 0 Å². The highest BCUT2D eigenvalue weighted by Crippen LogP contribution is 2.24. The van der Waals surface area contributed by atoms with Gasteiger partial charge in [0.25, 0.3) is 0 Å². The van der Waals surface area contributed by atoms with Gasteiger partial charge in [-0.3, -0.25) is 0 Å². The minimum atomic E-state index is 0.0104. The second-order valence-corrected chi connectivity index (χ2v) is 5.30. The van der Waals surface area contributed by atoms with Gasteiger partial charge in [-0.1, -0.05) is 36.6 Å². The number of halogens is 1. The SMILES string of the molecule is Cc1ccc(C(CO)NC2CCCC2)cc1Cl. The van der Waals surface area contributed by atoms with Gasteiger partial charge in [-0.2, -0.15) is 0 Å². The number of aliphatic hydroxyl groups is 1. The number of rotatable bonds is 4. The molecule has 1 aliphatic carbocycles. The van der Waals surface area contributed by atoms with Crippen LogP contribution in [0, 0.1) is 6.92 Å². The fourth-order valence-electron chi connectivity index (χ4n) is 2.46. The molecule has 0 amide bonds. The first-order chi connectivity index (χ1) is 8.20. The molecule has 0 aromatic heterocycles. The summed E-state index contributed by atoms with van der Waals surface area (Å²) in [5.74, 6) is 0. The molecule has 1 fully saturated rings. The molecule has 2 N–H and O–H groups in total. The summed E-state index contributed by atoms with van der Waals surface area (Å²) < 4.78 is 0. The topological polar surface area (TPSA) is 32.3 Å². The molecule has 2 nitrogen and oxygen atoms in total. The molecule has 0 saturated heterocycles. The van der Waals surface area contributed by atoms with E-state index >= 15 is 0 Å². The molecule has 0 spiro atoms. The Hall–Kier alpha value is -0.570. The van der Waals surface area contributed by atoms with Crippen molar-refractivity contribution < 1.29 is 5.11 Å². The molecule has 0 radical (unpaired) electrons. The fraction of sp³-hybridized carbons (Fsp3) is 0.571. The molecule has 1 aliphatic rings. The van der Waals surface area contributed by atoms with E-state index in [0.29, 0.717) is 6.04 Å². The molecule has 3 heteroatoms. The molecule has 0 bridgehead atoms. The van der Waals surface area contributed by atoms with Crippen molar-refractivity contribution in [2.75, 3.05) is 6.61 Å². The Balaban J connectivity index is 2.08. The van der Waals surface area contributed by atoms with Gasteiger partial charge in [0, 0.05) is 11.1 Å². The summed E-state index contributed by atoms with van der Waals surface area (Å²) >= 11 is 6.12. The number of aliphatic hydroxyl groups excluding tert-OH is 1. The Labute approximate surface area is 108 Å². The first-order valence-electron chi connectivity index (χ1n) is 6.33. The lowest BCUT2D eigenvalue weighted by atomic mass is 10.0. The maximum atomic E-state index is 9.49. The smallest absolute Gasteiger partial charge is 0.0626 e.